The van der Waals surface area contributed by atoms with Crippen molar-refractivity contribution in [3.8, 4) is 0 Å². The lowest BCUT2D eigenvalue weighted by Crippen LogP contribution is -2.31. The number of aromatic nitrogens is 1. The second-order valence-electron chi connectivity index (χ2n) is 6.69. The van der Waals surface area contributed by atoms with Gasteiger partial charge in [-0.3, -0.25) is 4.21 Å². The maximum atomic E-state index is 11.8. The van der Waals surface area contributed by atoms with Gasteiger partial charge in [0.1, 0.15) is 5.52 Å². The molecule has 0 fully saturated rings. The van der Waals surface area contributed by atoms with Gasteiger partial charge in [-0.1, -0.05) is 20.8 Å². The van der Waals surface area contributed by atoms with E-state index >= 15 is 0 Å². The van der Waals surface area contributed by atoms with Gasteiger partial charge >= 0.3 is 6.03 Å². The fourth-order valence-corrected chi connectivity index (χ4v) is 2.46. The second kappa shape index (κ2) is 7.12. The Bertz CT molecular complexity index is 719. The van der Waals surface area contributed by atoms with Crippen molar-refractivity contribution >= 4 is 33.6 Å². The maximum Gasteiger partial charge on any atom is 0.319 e. The molecule has 2 amide bonds. The van der Waals surface area contributed by atoms with Gasteiger partial charge in [0, 0.05) is 41.5 Å². The molecule has 7 heteroatoms. The SMILES string of the molecule is CS(=O)CCNC(=O)Nc1ccc2oc(CC(C)(C)C)nc2c1. The first-order valence-corrected chi connectivity index (χ1v) is 9.20. The van der Waals surface area contributed by atoms with E-state index < -0.39 is 10.8 Å². The molecule has 0 aliphatic rings. The van der Waals surface area contributed by atoms with Crippen LogP contribution in [0.3, 0.4) is 0 Å². The summed E-state index contributed by atoms with van der Waals surface area (Å²) in [7, 11) is -0.918. The van der Waals surface area contributed by atoms with E-state index in [1.54, 1.807) is 24.5 Å². The number of carbonyl (C=O) groups is 1. The van der Waals surface area contributed by atoms with E-state index in [4.69, 9.17) is 4.42 Å². The highest BCUT2D eigenvalue weighted by Gasteiger charge is 2.16. The van der Waals surface area contributed by atoms with Crippen molar-refractivity contribution in [1.82, 2.24) is 10.3 Å². The number of carbonyl (C=O) groups excluding carboxylic acids is 1. The average Bonchev–Trinajstić information content (AvgIpc) is 2.77. The third kappa shape index (κ3) is 5.67. The van der Waals surface area contributed by atoms with Crippen LogP contribution in [0.5, 0.6) is 0 Å². The molecule has 0 aliphatic heterocycles. The summed E-state index contributed by atoms with van der Waals surface area (Å²) in [4.78, 5) is 16.2. The summed E-state index contributed by atoms with van der Waals surface area (Å²) in [5, 5.41) is 5.39. The molecule has 1 unspecified atom stereocenters. The molecule has 1 aromatic heterocycles. The highest BCUT2D eigenvalue weighted by molar-refractivity contribution is 7.84. The van der Waals surface area contributed by atoms with Gasteiger partial charge in [0.25, 0.3) is 0 Å². The summed E-state index contributed by atoms with van der Waals surface area (Å²) < 4.78 is 16.7. The zero-order valence-electron chi connectivity index (χ0n) is 13.9. The largest absolute Gasteiger partial charge is 0.441 e. The summed E-state index contributed by atoms with van der Waals surface area (Å²) in [6.07, 6.45) is 2.35. The molecule has 0 spiro atoms. The van der Waals surface area contributed by atoms with Crippen LogP contribution in [0.15, 0.2) is 22.6 Å². The highest BCUT2D eigenvalue weighted by Crippen LogP contribution is 2.25. The molecule has 0 saturated carbocycles. The van der Waals surface area contributed by atoms with E-state index in [0.29, 0.717) is 29.5 Å². The van der Waals surface area contributed by atoms with Gasteiger partial charge in [-0.25, -0.2) is 9.78 Å². The highest BCUT2D eigenvalue weighted by atomic mass is 32.2. The first kappa shape index (κ1) is 17.5. The number of fused-ring (bicyclic) bond motifs is 1. The molecule has 0 aliphatic carbocycles. The van der Waals surface area contributed by atoms with E-state index in [1.807, 2.05) is 0 Å². The molecule has 2 rings (SSSR count). The van der Waals surface area contributed by atoms with Crippen LogP contribution in [0.4, 0.5) is 10.5 Å². The van der Waals surface area contributed by atoms with E-state index in [2.05, 4.69) is 36.4 Å². The molecule has 23 heavy (non-hydrogen) atoms. The lowest BCUT2D eigenvalue weighted by molar-refractivity contribution is 0.252. The Morgan fingerprint density at radius 2 is 2.09 bits per heavy atom. The lowest BCUT2D eigenvalue weighted by Gasteiger charge is -2.14. The number of urea groups is 1. The number of hydrogen-bond donors (Lipinski definition) is 2. The molecular formula is C16H23N3O3S. The summed E-state index contributed by atoms with van der Waals surface area (Å²) in [6.45, 7) is 6.75. The molecule has 0 radical (unpaired) electrons. The molecule has 1 aromatic carbocycles. The van der Waals surface area contributed by atoms with Crippen LogP contribution in [0.1, 0.15) is 26.7 Å². The van der Waals surface area contributed by atoms with Crippen molar-refractivity contribution in [2.75, 3.05) is 23.9 Å². The first-order chi connectivity index (χ1) is 10.7. The average molecular weight is 337 g/mol. The standard InChI is InChI=1S/C16H23N3O3S/c1-16(2,3)10-14-19-12-9-11(5-6-13(12)22-14)18-15(20)17-7-8-23(4)21/h5-6,9H,7-8,10H2,1-4H3,(H2,17,18,20). The fraction of sp³-hybridized carbons (Fsp3) is 0.500. The predicted octanol–water partition coefficient (Wildman–Crippen LogP) is 2.92. The minimum absolute atomic E-state index is 0.0984. The van der Waals surface area contributed by atoms with E-state index in [9.17, 15) is 9.00 Å². The number of rotatable bonds is 5. The van der Waals surface area contributed by atoms with E-state index in [1.165, 1.54) is 0 Å². The Morgan fingerprint density at radius 1 is 1.35 bits per heavy atom. The Kier molecular flexibility index (Phi) is 5.41. The number of nitrogens with one attached hydrogen (secondary N) is 2. The van der Waals surface area contributed by atoms with Gasteiger partial charge in [0.05, 0.1) is 0 Å². The maximum absolute atomic E-state index is 11.8. The summed E-state index contributed by atoms with van der Waals surface area (Å²) >= 11 is 0. The minimum Gasteiger partial charge on any atom is -0.441 e. The van der Waals surface area contributed by atoms with Crippen LogP contribution in [0.2, 0.25) is 0 Å². The van der Waals surface area contributed by atoms with Gasteiger partial charge < -0.3 is 15.1 Å². The van der Waals surface area contributed by atoms with Crippen molar-refractivity contribution in [3.05, 3.63) is 24.1 Å². The Morgan fingerprint density at radius 3 is 2.74 bits per heavy atom. The van der Waals surface area contributed by atoms with Gasteiger partial charge in [0.2, 0.25) is 0 Å². The van der Waals surface area contributed by atoms with Crippen molar-refractivity contribution < 1.29 is 13.4 Å². The Labute approximate surface area is 138 Å². The number of oxazole rings is 1. The van der Waals surface area contributed by atoms with E-state index in [-0.39, 0.29) is 11.4 Å². The van der Waals surface area contributed by atoms with Gasteiger partial charge in [-0.15, -0.1) is 0 Å². The third-order valence-electron chi connectivity index (χ3n) is 3.05. The van der Waals surface area contributed by atoms with Gasteiger partial charge in [-0.2, -0.15) is 0 Å². The number of anilines is 1. The smallest absolute Gasteiger partial charge is 0.319 e. The number of amides is 2. The topological polar surface area (TPSA) is 84.2 Å². The molecule has 126 valence electrons. The zero-order valence-corrected chi connectivity index (χ0v) is 14.8. The molecule has 6 nitrogen and oxygen atoms in total. The summed E-state index contributed by atoms with van der Waals surface area (Å²) in [5.41, 5.74) is 2.16. The lowest BCUT2D eigenvalue weighted by atomic mass is 9.92. The van der Waals surface area contributed by atoms with Crippen LogP contribution in [0, 0.1) is 5.41 Å². The molecule has 0 saturated heterocycles. The Balaban J connectivity index is 2.02. The molecule has 2 N–H and O–H groups in total. The zero-order chi connectivity index (χ0) is 17.0. The fourth-order valence-electron chi connectivity index (χ4n) is 2.07. The summed E-state index contributed by atoms with van der Waals surface area (Å²) in [5.74, 6) is 1.13. The van der Waals surface area contributed by atoms with Crippen molar-refractivity contribution in [1.29, 1.82) is 0 Å². The molecular weight excluding hydrogens is 314 g/mol. The quantitative estimate of drug-likeness (QED) is 0.878. The van der Waals surface area contributed by atoms with Crippen LogP contribution in [0.25, 0.3) is 11.1 Å². The molecule has 0 bridgehead atoms. The normalized spacial score (nSPS) is 13.0. The minimum atomic E-state index is -0.918. The van der Waals surface area contributed by atoms with Crippen molar-refractivity contribution in [2.45, 2.75) is 27.2 Å². The number of nitrogens with zero attached hydrogens (tertiary/aromatic N) is 1. The van der Waals surface area contributed by atoms with E-state index in [0.717, 1.165) is 11.9 Å². The second-order valence-corrected chi connectivity index (χ2v) is 8.24. The first-order valence-electron chi connectivity index (χ1n) is 7.47. The van der Waals surface area contributed by atoms with Crippen molar-refractivity contribution in [3.63, 3.8) is 0 Å². The van der Waals surface area contributed by atoms with Gasteiger partial charge in [0.15, 0.2) is 11.5 Å². The molecule has 1 heterocycles. The number of hydrogen-bond acceptors (Lipinski definition) is 4. The molecule has 2 aromatic rings. The molecule has 1 atom stereocenters. The van der Waals surface area contributed by atoms with Crippen LogP contribution < -0.4 is 10.6 Å². The Hall–Kier alpha value is -1.89. The monoisotopic (exact) mass is 337 g/mol. The number of benzene rings is 1. The predicted molar refractivity (Wildman–Crippen MR) is 93.1 cm³/mol. The van der Waals surface area contributed by atoms with Crippen LogP contribution in [-0.2, 0) is 17.2 Å². The third-order valence-corrected chi connectivity index (χ3v) is 3.83. The van der Waals surface area contributed by atoms with Crippen LogP contribution in [-0.4, -0.2) is 33.8 Å². The van der Waals surface area contributed by atoms with Gasteiger partial charge in [-0.05, 0) is 23.6 Å². The van der Waals surface area contributed by atoms with Crippen LogP contribution >= 0.6 is 0 Å². The van der Waals surface area contributed by atoms with Crippen molar-refractivity contribution in [2.24, 2.45) is 5.41 Å². The summed E-state index contributed by atoms with van der Waals surface area (Å²) in [6, 6.07) is 5.02.